The van der Waals surface area contributed by atoms with Crippen molar-refractivity contribution in [3.63, 3.8) is 0 Å². The van der Waals surface area contributed by atoms with Crippen LogP contribution in [0.1, 0.15) is 23.7 Å². The largest absolute Gasteiger partial charge is 0.496 e. The summed E-state index contributed by atoms with van der Waals surface area (Å²) >= 11 is 0. The van der Waals surface area contributed by atoms with Gasteiger partial charge in [0.2, 0.25) is 0 Å². The molecule has 1 aromatic carbocycles. The van der Waals surface area contributed by atoms with Crippen LogP contribution in [0.2, 0.25) is 0 Å². The molecule has 0 heterocycles. The molecule has 1 atom stereocenters. The Hall–Kier alpha value is -1.29. The molecule has 0 spiro atoms. The van der Waals surface area contributed by atoms with Crippen molar-refractivity contribution in [1.29, 1.82) is 0 Å². The molecule has 3 nitrogen and oxygen atoms in total. The van der Waals surface area contributed by atoms with Crippen LogP contribution in [0.15, 0.2) is 12.1 Å². The molecule has 1 aromatic rings. The molecule has 2 N–H and O–H groups in total. The topological polar surface area (TPSA) is 44.5 Å². The number of benzene rings is 1. The van der Waals surface area contributed by atoms with Gasteiger partial charge >= 0.3 is 0 Å². The molecule has 4 heteroatoms. The first-order valence-electron chi connectivity index (χ1n) is 5.20. The quantitative estimate of drug-likeness (QED) is 0.839. The number of aryl methyl sites for hydroxylation is 1. The molecule has 1 rings (SSSR count). The van der Waals surface area contributed by atoms with Crippen molar-refractivity contribution in [2.24, 2.45) is 5.73 Å². The number of hydrogen-bond donors (Lipinski definition) is 1. The molecule has 0 saturated carbocycles. The zero-order chi connectivity index (χ0) is 12.1. The van der Waals surface area contributed by atoms with Crippen molar-refractivity contribution in [1.82, 2.24) is 0 Å². The van der Waals surface area contributed by atoms with E-state index in [9.17, 15) is 4.39 Å². The van der Waals surface area contributed by atoms with Gasteiger partial charge in [-0.25, -0.2) is 4.39 Å². The summed E-state index contributed by atoms with van der Waals surface area (Å²) in [6.07, 6.45) is -0.897. The van der Waals surface area contributed by atoms with Crippen LogP contribution in [0.4, 0.5) is 4.39 Å². The van der Waals surface area contributed by atoms with Gasteiger partial charge in [-0.2, -0.15) is 0 Å². The Kier molecular flexibility index (Phi) is 4.55. The number of alkyl halides is 1. The molecule has 0 saturated heterocycles. The zero-order valence-electron chi connectivity index (χ0n) is 9.92. The summed E-state index contributed by atoms with van der Waals surface area (Å²) in [5.74, 6) is 1.02. The molecular weight excluding hydrogens is 209 g/mol. The highest BCUT2D eigenvalue weighted by atomic mass is 19.1. The molecule has 16 heavy (non-hydrogen) atoms. The number of ether oxygens (including phenoxy) is 2. The van der Waals surface area contributed by atoms with Gasteiger partial charge in [0.25, 0.3) is 0 Å². The van der Waals surface area contributed by atoms with Crippen LogP contribution in [0, 0.1) is 6.92 Å². The first-order chi connectivity index (χ1) is 7.63. The van der Waals surface area contributed by atoms with E-state index in [1.807, 2.05) is 6.92 Å². The molecule has 0 aliphatic heterocycles. The average molecular weight is 227 g/mol. The van der Waals surface area contributed by atoms with Crippen molar-refractivity contribution in [3.05, 3.63) is 23.3 Å². The lowest BCUT2D eigenvalue weighted by molar-refractivity contribution is 0.295. The van der Waals surface area contributed by atoms with Gasteiger partial charge in [0.15, 0.2) is 0 Å². The predicted octanol–water partition coefficient (Wildman–Crippen LogP) is 2.37. The monoisotopic (exact) mass is 227 g/mol. The second-order valence-corrected chi connectivity index (χ2v) is 3.63. The predicted molar refractivity (Wildman–Crippen MR) is 61.8 cm³/mol. The number of hydrogen-bond acceptors (Lipinski definition) is 3. The number of nitrogens with two attached hydrogens (primary N) is 1. The molecule has 0 amide bonds. The van der Waals surface area contributed by atoms with Gasteiger partial charge in [-0.05, 0) is 37.6 Å². The molecule has 0 radical (unpaired) electrons. The standard InChI is InChI=1S/C12H18FNO2/c1-8-6-10(15-2)12(9(13)4-5-14)11(7-8)16-3/h6-7,9H,4-5,14H2,1-3H3. The summed E-state index contributed by atoms with van der Waals surface area (Å²) in [7, 11) is 3.04. The summed E-state index contributed by atoms with van der Waals surface area (Å²) in [6.45, 7) is 2.20. The normalized spacial score (nSPS) is 12.3. The molecule has 0 bridgehead atoms. The van der Waals surface area contributed by atoms with Crippen molar-refractivity contribution in [2.45, 2.75) is 19.5 Å². The van der Waals surface area contributed by atoms with Crippen LogP contribution in [-0.2, 0) is 0 Å². The van der Waals surface area contributed by atoms with Gasteiger partial charge in [0.05, 0.1) is 19.8 Å². The summed E-state index contributed by atoms with van der Waals surface area (Å²) in [5, 5.41) is 0. The van der Waals surface area contributed by atoms with Crippen LogP contribution in [-0.4, -0.2) is 20.8 Å². The highest BCUT2D eigenvalue weighted by molar-refractivity contribution is 5.49. The number of halogens is 1. The smallest absolute Gasteiger partial charge is 0.134 e. The summed E-state index contributed by atoms with van der Waals surface area (Å²) < 4.78 is 24.3. The summed E-state index contributed by atoms with van der Waals surface area (Å²) in [4.78, 5) is 0. The molecular formula is C12H18FNO2. The van der Waals surface area contributed by atoms with E-state index in [0.29, 0.717) is 23.6 Å². The first kappa shape index (κ1) is 12.8. The Morgan fingerprint density at radius 3 is 2.12 bits per heavy atom. The molecule has 0 aromatic heterocycles. The lowest BCUT2D eigenvalue weighted by Gasteiger charge is -2.17. The molecule has 90 valence electrons. The maximum atomic E-state index is 13.9. The second-order valence-electron chi connectivity index (χ2n) is 3.63. The lowest BCUT2D eigenvalue weighted by Crippen LogP contribution is -2.06. The second kappa shape index (κ2) is 5.70. The summed E-state index contributed by atoms with van der Waals surface area (Å²) in [6, 6.07) is 3.59. The van der Waals surface area contributed by atoms with Gasteiger partial charge in [-0.3, -0.25) is 0 Å². The van der Waals surface area contributed by atoms with E-state index in [1.54, 1.807) is 12.1 Å². The SMILES string of the molecule is COc1cc(C)cc(OC)c1C(F)CCN. The average Bonchev–Trinajstić information content (AvgIpc) is 2.27. The third-order valence-electron chi connectivity index (χ3n) is 2.42. The molecule has 0 aliphatic carbocycles. The Balaban J connectivity index is 3.21. The van der Waals surface area contributed by atoms with Gasteiger partial charge in [0.1, 0.15) is 17.7 Å². The fraction of sp³-hybridized carbons (Fsp3) is 0.500. The fourth-order valence-corrected chi connectivity index (χ4v) is 1.67. The molecule has 1 unspecified atom stereocenters. The van der Waals surface area contributed by atoms with E-state index in [0.717, 1.165) is 5.56 Å². The Bertz CT molecular complexity index is 330. The number of rotatable bonds is 5. The zero-order valence-corrected chi connectivity index (χ0v) is 9.92. The van der Waals surface area contributed by atoms with Crippen molar-refractivity contribution in [2.75, 3.05) is 20.8 Å². The lowest BCUT2D eigenvalue weighted by atomic mass is 10.0. The maximum Gasteiger partial charge on any atom is 0.134 e. The van der Waals surface area contributed by atoms with Gasteiger partial charge in [-0.1, -0.05) is 0 Å². The van der Waals surface area contributed by atoms with Crippen LogP contribution in [0.5, 0.6) is 11.5 Å². The highest BCUT2D eigenvalue weighted by Gasteiger charge is 2.20. The van der Waals surface area contributed by atoms with Gasteiger partial charge in [0, 0.05) is 0 Å². The third kappa shape index (κ3) is 2.64. The minimum Gasteiger partial charge on any atom is -0.496 e. The molecule has 0 fully saturated rings. The minimum atomic E-state index is -1.16. The van der Waals surface area contributed by atoms with E-state index in [4.69, 9.17) is 15.2 Å². The van der Waals surface area contributed by atoms with Gasteiger partial charge in [-0.15, -0.1) is 0 Å². The highest BCUT2D eigenvalue weighted by Crippen LogP contribution is 2.38. The number of methoxy groups -OCH3 is 2. The first-order valence-corrected chi connectivity index (χ1v) is 5.20. The Labute approximate surface area is 95.4 Å². The van der Waals surface area contributed by atoms with E-state index >= 15 is 0 Å². The van der Waals surface area contributed by atoms with E-state index in [-0.39, 0.29) is 6.42 Å². The fourth-order valence-electron chi connectivity index (χ4n) is 1.67. The minimum absolute atomic E-state index is 0.260. The van der Waals surface area contributed by atoms with Crippen LogP contribution >= 0.6 is 0 Å². The van der Waals surface area contributed by atoms with Crippen molar-refractivity contribution >= 4 is 0 Å². The van der Waals surface area contributed by atoms with Crippen LogP contribution in [0.3, 0.4) is 0 Å². The molecule has 0 aliphatic rings. The van der Waals surface area contributed by atoms with Gasteiger partial charge < -0.3 is 15.2 Å². The maximum absolute atomic E-state index is 13.9. The van der Waals surface area contributed by atoms with Crippen LogP contribution in [0.25, 0.3) is 0 Å². The van der Waals surface area contributed by atoms with E-state index in [1.165, 1.54) is 14.2 Å². The van der Waals surface area contributed by atoms with E-state index in [2.05, 4.69) is 0 Å². The Morgan fingerprint density at radius 1 is 1.25 bits per heavy atom. The third-order valence-corrected chi connectivity index (χ3v) is 2.42. The Morgan fingerprint density at radius 2 is 1.75 bits per heavy atom. The van der Waals surface area contributed by atoms with E-state index < -0.39 is 6.17 Å². The van der Waals surface area contributed by atoms with Crippen molar-refractivity contribution in [3.8, 4) is 11.5 Å². The summed E-state index contributed by atoms with van der Waals surface area (Å²) in [5.41, 5.74) is 6.77. The van der Waals surface area contributed by atoms with Crippen LogP contribution < -0.4 is 15.2 Å². The van der Waals surface area contributed by atoms with Crippen molar-refractivity contribution < 1.29 is 13.9 Å².